The number of hydrogen-bond donors (Lipinski definition) is 10. The van der Waals surface area contributed by atoms with Crippen LogP contribution in [0.3, 0.4) is 0 Å². The van der Waals surface area contributed by atoms with Crippen molar-refractivity contribution in [2.24, 2.45) is 45.3 Å². The molecule has 9 aliphatic rings. The highest BCUT2D eigenvalue weighted by molar-refractivity contribution is 7.81. The van der Waals surface area contributed by atoms with Crippen molar-refractivity contribution < 1.29 is 132 Å². The molecule has 8 fully saturated rings. The highest BCUT2D eigenvalue weighted by Gasteiger charge is 2.79. The van der Waals surface area contributed by atoms with E-state index in [0.717, 1.165) is 25.5 Å². The number of aliphatic hydroxyl groups excluding tert-OH is 8. The molecule has 4 aliphatic carbocycles. The van der Waals surface area contributed by atoms with Crippen molar-refractivity contribution >= 4 is 32.6 Å². The number of carbonyl (C=O) groups excluding carboxylic acids is 2. The third kappa shape index (κ3) is 12.1. The maximum Gasteiger partial charge on any atom is 0.397 e. The minimum atomic E-state index is -5.25. The van der Waals surface area contributed by atoms with Gasteiger partial charge < -0.3 is 88.2 Å². The fourth-order valence-electron chi connectivity index (χ4n) is 16.6. The number of cyclic esters (lactones) is 1. The summed E-state index contributed by atoms with van der Waals surface area (Å²) in [4.78, 5) is 28.8. The van der Waals surface area contributed by atoms with E-state index in [1.165, 1.54) is 13.8 Å². The van der Waals surface area contributed by atoms with E-state index in [-0.39, 0.29) is 35.4 Å². The average Bonchev–Trinajstić information content (AvgIpc) is 1.70. The molecule has 9 rings (SSSR count). The van der Waals surface area contributed by atoms with Crippen LogP contribution in [0.15, 0.2) is 11.6 Å². The van der Waals surface area contributed by atoms with E-state index in [4.69, 9.17) is 51.6 Å². The molecule has 10 N–H and O–H groups in total. The van der Waals surface area contributed by atoms with Crippen LogP contribution >= 0.6 is 0 Å². The lowest BCUT2D eigenvalue weighted by molar-refractivity contribution is -0.391. The van der Waals surface area contributed by atoms with Crippen LogP contribution in [0.4, 0.5) is 0 Å². The van der Waals surface area contributed by atoms with Crippen molar-refractivity contribution in [3.8, 4) is 0 Å². The van der Waals surface area contributed by atoms with Gasteiger partial charge in [-0.2, -0.15) is 16.8 Å². The Kier molecular flexibility index (Phi) is 19.4. The molecule has 488 valence electrons. The van der Waals surface area contributed by atoms with Crippen LogP contribution < -0.4 is 0 Å². The molecule has 1 spiro atoms. The molecular formula is C55H88O28S2. The standard InChI is InChI=1S/C55H88O28S2/c1-23(2)12-11-17-54(9)45-28(57)20-53(8)27-13-14-31-51(5,6)32(16-18-52(31,7)26(27)15-19-55(45,53)50(65)82-54)78-49-44(37(62)41(25(4)75-49)83-85(69,70)71)81-46-36(61)35(60)40(24(3)74-46)79-48-39(64)43(34(59)30(77-48)22-73-84(66,67)68)80-47-38(63)42(72-10)33(58)29(21-56)76-47/h13,23-26,29-49,56,58-64H,11-12,14-22H2,1-10H3,(H,66,67,68)(H,69,70,71). The number of esters is 1. The predicted octanol–water partition coefficient (Wildman–Crippen LogP) is -0.0863. The SMILES string of the molecule is COC1C(O)C(CO)OC(OC2C(O)C(COS(=O)(=O)O)OC(OC3C(C)OC(OC4C(OC5CCC6(C)C7CCC89C(=O)OC(C)(CCCC(C)C)C8C(=O)CC9(C)C7=CCC6C5(C)C)OC(C)C(OS(=O)(=O)O)C4O)C(O)C3O)C2O)C1O. The van der Waals surface area contributed by atoms with E-state index in [0.29, 0.717) is 44.4 Å². The number of Topliss-reactive ketones (excluding diaryl/α,β-unsaturated/α-hetero) is 1. The van der Waals surface area contributed by atoms with Gasteiger partial charge in [0.25, 0.3) is 0 Å². The topological polar surface area (TPSA) is 415 Å². The molecule has 0 amide bonds. The fourth-order valence-corrected chi connectivity index (χ4v) is 17.4. The molecule has 28 nitrogen and oxygen atoms in total. The summed E-state index contributed by atoms with van der Waals surface area (Å²) in [5.41, 5.74) is -2.54. The molecule has 0 aromatic heterocycles. The fraction of sp³-hybridized carbons (Fsp3) is 0.927. The van der Waals surface area contributed by atoms with Crippen molar-refractivity contribution in [3.63, 3.8) is 0 Å². The van der Waals surface area contributed by atoms with Crippen molar-refractivity contribution in [1.82, 2.24) is 0 Å². The first-order valence-electron chi connectivity index (χ1n) is 29.4. The van der Waals surface area contributed by atoms with E-state index in [1.54, 1.807) is 0 Å². The minimum Gasteiger partial charge on any atom is -0.458 e. The van der Waals surface area contributed by atoms with E-state index >= 15 is 0 Å². The lowest BCUT2D eigenvalue weighted by atomic mass is 9.41. The highest BCUT2D eigenvalue weighted by Crippen LogP contribution is 2.75. The second kappa shape index (κ2) is 24.5. The highest BCUT2D eigenvalue weighted by atomic mass is 32.3. The van der Waals surface area contributed by atoms with Crippen LogP contribution in [0.5, 0.6) is 0 Å². The third-order valence-corrected chi connectivity index (χ3v) is 21.7. The molecule has 5 aliphatic heterocycles. The van der Waals surface area contributed by atoms with Crippen LogP contribution in [-0.4, -0.2) is 233 Å². The molecule has 28 atom stereocenters. The Labute approximate surface area is 494 Å². The molecule has 0 aromatic carbocycles. The van der Waals surface area contributed by atoms with Gasteiger partial charge in [0, 0.05) is 18.9 Å². The lowest BCUT2D eigenvalue weighted by Crippen LogP contribution is -2.67. The molecule has 28 unspecified atom stereocenters. The largest absolute Gasteiger partial charge is 0.458 e. The average molecular weight is 1260 g/mol. The van der Waals surface area contributed by atoms with Gasteiger partial charge in [-0.05, 0) is 94.3 Å². The van der Waals surface area contributed by atoms with Gasteiger partial charge in [0.15, 0.2) is 25.2 Å². The number of methoxy groups -OCH3 is 1. The summed E-state index contributed by atoms with van der Waals surface area (Å²) in [5.74, 6) is -0.369. The van der Waals surface area contributed by atoms with Gasteiger partial charge >= 0.3 is 26.8 Å². The van der Waals surface area contributed by atoms with E-state index in [1.807, 2.05) is 6.92 Å². The first-order valence-corrected chi connectivity index (χ1v) is 32.1. The number of fused-ring (bicyclic) bond motifs is 4. The first-order chi connectivity index (χ1) is 39.5. The molecule has 0 bridgehead atoms. The van der Waals surface area contributed by atoms with Gasteiger partial charge in [0.2, 0.25) is 0 Å². The molecule has 0 radical (unpaired) electrons. The maximum atomic E-state index is 14.4. The van der Waals surface area contributed by atoms with Crippen molar-refractivity contribution in [2.45, 2.75) is 255 Å². The van der Waals surface area contributed by atoms with Gasteiger partial charge in [-0.25, -0.2) is 8.37 Å². The third-order valence-electron chi connectivity index (χ3n) is 20.8. The lowest BCUT2D eigenvalue weighted by Gasteiger charge is -2.63. The van der Waals surface area contributed by atoms with Gasteiger partial charge in [0.05, 0.1) is 42.9 Å². The van der Waals surface area contributed by atoms with Crippen LogP contribution in [0, 0.1) is 45.3 Å². The number of ketones is 1. The van der Waals surface area contributed by atoms with E-state index in [2.05, 4.69) is 51.8 Å². The van der Waals surface area contributed by atoms with Crippen molar-refractivity contribution in [2.75, 3.05) is 20.3 Å². The number of ether oxygens (including phenoxy) is 10. The molecule has 5 heterocycles. The number of carbonyl (C=O) groups is 2. The summed E-state index contributed by atoms with van der Waals surface area (Å²) in [7, 11) is -9.30. The van der Waals surface area contributed by atoms with Gasteiger partial charge in [-0.15, -0.1) is 0 Å². The molecule has 85 heavy (non-hydrogen) atoms. The minimum absolute atomic E-state index is 0.00293. The van der Waals surface area contributed by atoms with Gasteiger partial charge in [-0.1, -0.05) is 59.6 Å². The zero-order valence-corrected chi connectivity index (χ0v) is 51.1. The van der Waals surface area contributed by atoms with Crippen molar-refractivity contribution in [1.29, 1.82) is 0 Å². The zero-order chi connectivity index (χ0) is 62.6. The summed E-state index contributed by atoms with van der Waals surface area (Å²) in [5, 5.41) is 89.9. The number of aliphatic hydroxyl groups is 8. The second-order valence-electron chi connectivity index (χ2n) is 26.7. The quantitative estimate of drug-likeness (QED) is 0.0459. The summed E-state index contributed by atoms with van der Waals surface area (Å²) < 4.78 is 136. The van der Waals surface area contributed by atoms with Crippen LogP contribution in [0.1, 0.15) is 120 Å². The van der Waals surface area contributed by atoms with Crippen LogP contribution in [-0.2, 0) is 86.1 Å². The Morgan fingerprint density at radius 3 is 1.88 bits per heavy atom. The molecule has 30 heteroatoms. The van der Waals surface area contributed by atoms with Gasteiger partial charge in [-0.3, -0.25) is 18.7 Å². The molecule has 5 saturated heterocycles. The Morgan fingerprint density at radius 1 is 0.671 bits per heavy atom. The second-order valence-corrected chi connectivity index (χ2v) is 28.9. The number of hydrogen-bond acceptors (Lipinski definition) is 26. The van der Waals surface area contributed by atoms with Crippen LogP contribution in [0.2, 0.25) is 0 Å². The first kappa shape index (κ1) is 67.3. The molecular weight excluding hydrogens is 1170 g/mol. The smallest absolute Gasteiger partial charge is 0.397 e. The van der Waals surface area contributed by atoms with Crippen molar-refractivity contribution in [3.05, 3.63) is 11.6 Å². The Balaban J connectivity index is 0.928. The van der Waals surface area contributed by atoms with Crippen LogP contribution in [0.25, 0.3) is 0 Å². The van der Waals surface area contributed by atoms with Gasteiger partial charge in [0.1, 0.15) is 96.8 Å². The van der Waals surface area contributed by atoms with E-state index in [9.17, 15) is 76.4 Å². The normalized spacial score (nSPS) is 49.1. The zero-order valence-electron chi connectivity index (χ0n) is 49.4. The number of allylic oxidation sites excluding steroid dienone is 2. The Bertz CT molecular complexity index is 2680. The summed E-state index contributed by atoms with van der Waals surface area (Å²) in [6.07, 6.45) is -28.9. The summed E-state index contributed by atoms with van der Waals surface area (Å²) >= 11 is 0. The monoisotopic (exact) mass is 1260 g/mol. The maximum absolute atomic E-state index is 14.4. The number of rotatable bonds is 19. The summed E-state index contributed by atoms with van der Waals surface area (Å²) in [6, 6.07) is 0. The summed E-state index contributed by atoms with van der Waals surface area (Å²) in [6.45, 7) is 15.4. The Morgan fingerprint density at radius 2 is 1.26 bits per heavy atom. The predicted molar refractivity (Wildman–Crippen MR) is 286 cm³/mol. The Hall–Kier alpha value is -2.06. The molecule has 3 saturated carbocycles. The molecule has 0 aromatic rings. The van der Waals surface area contributed by atoms with E-state index < -0.39 is 191 Å².